The first-order valence-corrected chi connectivity index (χ1v) is 10.8. The molecule has 0 radical (unpaired) electrons. The van der Waals surface area contributed by atoms with Gasteiger partial charge in [-0.25, -0.2) is 4.98 Å². The van der Waals surface area contributed by atoms with Gasteiger partial charge in [-0.2, -0.15) is 0 Å². The van der Waals surface area contributed by atoms with Crippen LogP contribution in [0.2, 0.25) is 5.02 Å². The Morgan fingerprint density at radius 3 is 2.60 bits per heavy atom. The summed E-state index contributed by atoms with van der Waals surface area (Å²) in [4.78, 5) is 43.4. The van der Waals surface area contributed by atoms with Crippen LogP contribution in [0.1, 0.15) is 6.42 Å². The number of hydrogen-bond acceptors (Lipinski definition) is 6. The second-order valence-corrected chi connectivity index (χ2v) is 8.96. The highest BCUT2D eigenvalue weighted by Gasteiger charge is 2.59. The van der Waals surface area contributed by atoms with Crippen LogP contribution in [-0.4, -0.2) is 41.3 Å². The van der Waals surface area contributed by atoms with Gasteiger partial charge in [0.15, 0.2) is 5.13 Å². The highest BCUT2D eigenvalue weighted by Crippen LogP contribution is 2.52. The highest BCUT2D eigenvalue weighted by molar-refractivity contribution is 7.14. The lowest BCUT2D eigenvalue weighted by Gasteiger charge is -2.16. The number of fused-ring (bicyclic) bond motifs is 5. The van der Waals surface area contributed by atoms with Crippen molar-refractivity contribution in [3.05, 3.63) is 40.8 Å². The summed E-state index contributed by atoms with van der Waals surface area (Å²) in [7, 11) is 1.54. The maximum absolute atomic E-state index is 12.7. The zero-order valence-electron chi connectivity index (χ0n) is 16.0. The molecule has 1 aliphatic heterocycles. The van der Waals surface area contributed by atoms with Gasteiger partial charge in [-0.1, -0.05) is 23.8 Å². The second kappa shape index (κ2) is 7.21. The highest BCUT2D eigenvalue weighted by atomic mass is 35.5. The number of aromatic nitrogens is 1. The van der Waals surface area contributed by atoms with E-state index >= 15 is 0 Å². The number of thiazole rings is 1. The van der Waals surface area contributed by atoms with Crippen molar-refractivity contribution in [2.75, 3.05) is 19.0 Å². The summed E-state index contributed by atoms with van der Waals surface area (Å²) >= 11 is 7.43. The van der Waals surface area contributed by atoms with Crippen molar-refractivity contribution in [2.24, 2.45) is 23.7 Å². The summed E-state index contributed by atoms with van der Waals surface area (Å²) in [5.74, 6) is -0.680. The summed E-state index contributed by atoms with van der Waals surface area (Å²) in [5.41, 5.74) is 1.45. The van der Waals surface area contributed by atoms with Gasteiger partial charge >= 0.3 is 0 Å². The van der Waals surface area contributed by atoms with Gasteiger partial charge in [-0.05, 0) is 36.5 Å². The van der Waals surface area contributed by atoms with Crippen molar-refractivity contribution in [3.63, 3.8) is 0 Å². The summed E-state index contributed by atoms with van der Waals surface area (Å²) in [6.45, 7) is -0.284. The molecule has 7 nitrogen and oxygen atoms in total. The molecule has 2 bridgehead atoms. The van der Waals surface area contributed by atoms with Crippen LogP contribution in [0.4, 0.5) is 5.13 Å². The second-order valence-electron chi connectivity index (χ2n) is 7.70. The molecular formula is C21H18ClN3O4S. The number of hydrogen-bond donors (Lipinski definition) is 1. The van der Waals surface area contributed by atoms with E-state index in [9.17, 15) is 14.4 Å². The van der Waals surface area contributed by atoms with Gasteiger partial charge in [-0.3, -0.25) is 19.3 Å². The molecule has 3 aliphatic rings. The number of rotatable bonds is 5. The molecule has 4 unspecified atom stereocenters. The number of likely N-dealkylation sites (tertiary alicyclic amines) is 1. The molecule has 0 spiro atoms. The first kappa shape index (κ1) is 19.3. The number of carbonyl (C=O) groups excluding carboxylic acids is 3. The summed E-state index contributed by atoms with van der Waals surface area (Å²) in [6, 6.07) is 5.32. The molecule has 1 saturated heterocycles. The quantitative estimate of drug-likeness (QED) is 0.566. The number of nitrogens with zero attached hydrogens (tertiary/aromatic N) is 2. The van der Waals surface area contributed by atoms with Gasteiger partial charge in [0.1, 0.15) is 12.3 Å². The number of imide groups is 1. The number of ether oxygens (including phenoxy) is 1. The maximum Gasteiger partial charge on any atom is 0.246 e. The van der Waals surface area contributed by atoms with Crippen molar-refractivity contribution in [1.29, 1.82) is 0 Å². The van der Waals surface area contributed by atoms with Crippen molar-refractivity contribution < 1.29 is 19.1 Å². The number of methoxy groups -OCH3 is 1. The molecule has 1 N–H and O–H groups in total. The normalized spacial score (nSPS) is 26.4. The summed E-state index contributed by atoms with van der Waals surface area (Å²) in [6.07, 6.45) is 4.93. The van der Waals surface area contributed by atoms with Gasteiger partial charge in [0.05, 0.1) is 29.7 Å². The molecule has 154 valence electrons. The fraction of sp³-hybridized carbons (Fsp3) is 0.333. The Hall–Kier alpha value is -2.71. The predicted molar refractivity (Wildman–Crippen MR) is 112 cm³/mol. The molecule has 9 heteroatoms. The third-order valence-corrected chi connectivity index (χ3v) is 7.11. The summed E-state index contributed by atoms with van der Waals surface area (Å²) in [5, 5.41) is 5.35. The van der Waals surface area contributed by atoms with E-state index in [4.69, 9.17) is 16.3 Å². The number of carbonyl (C=O) groups is 3. The Morgan fingerprint density at radius 1 is 1.27 bits per heavy atom. The fourth-order valence-electron chi connectivity index (χ4n) is 4.71. The van der Waals surface area contributed by atoms with Crippen LogP contribution in [0.5, 0.6) is 5.75 Å². The van der Waals surface area contributed by atoms with E-state index in [0.29, 0.717) is 21.6 Å². The Kier molecular flexibility index (Phi) is 4.63. The lowest BCUT2D eigenvalue weighted by Crippen LogP contribution is -2.39. The molecule has 2 fully saturated rings. The van der Waals surface area contributed by atoms with E-state index in [1.165, 1.54) is 11.3 Å². The van der Waals surface area contributed by atoms with Gasteiger partial charge in [0.2, 0.25) is 17.7 Å². The predicted octanol–water partition coefficient (Wildman–Crippen LogP) is 3.22. The zero-order valence-corrected chi connectivity index (χ0v) is 17.6. The van der Waals surface area contributed by atoms with Crippen LogP contribution in [-0.2, 0) is 14.4 Å². The average molecular weight is 444 g/mol. The van der Waals surface area contributed by atoms with E-state index in [1.807, 2.05) is 18.2 Å². The van der Waals surface area contributed by atoms with E-state index in [-0.39, 0.29) is 42.0 Å². The molecule has 2 heterocycles. The Morgan fingerprint density at radius 2 is 1.97 bits per heavy atom. The zero-order chi connectivity index (χ0) is 21.0. The third-order valence-electron chi connectivity index (χ3n) is 6.06. The topological polar surface area (TPSA) is 88.6 Å². The minimum atomic E-state index is -0.439. The van der Waals surface area contributed by atoms with Crippen molar-refractivity contribution in [1.82, 2.24) is 9.88 Å². The first-order chi connectivity index (χ1) is 14.5. The molecule has 1 aromatic heterocycles. The van der Waals surface area contributed by atoms with Crippen molar-refractivity contribution in [2.45, 2.75) is 6.42 Å². The van der Waals surface area contributed by atoms with E-state index in [2.05, 4.69) is 10.3 Å². The van der Waals surface area contributed by atoms with Gasteiger partial charge < -0.3 is 10.1 Å². The molecular weight excluding hydrogens is 426 g/mol. The van der Waals surface area contributed by atoms with Gasteiger partial charge in [0.25, 0.3) is 0 Å². The Labute approximate surface area is 181 Å². The molecule has 5 rings (SSSR count). The number of amides is 3. The summed E-state index contributed by atoms with van der Waals surface area (Å²) < 4.78 is 5.15. The van der Waals surface area contributed by atoms with Crippen LogP contribution in [0, 0.1) is 23.7 Å². The molecule has 30 heavy (non-hydrogen) atoms. The third kappa shape index (κ3) is 3.02. The lowest BCUT2D eigenvalue weighted by atomic mass is 9.85. The number of nitrogens with one attached hydrogen (secondary N) is 1. The van der Waals surface area contributed by atoms with Crippen LogP contribution in [0.25, 0.3) is 11.3 Å². The van der Waals surface area contributed by atoms with Crippen LogP contribution >= 0.6 is 22.9 Å². The lowest BCUT2D eigenvalue weighted by molar-refractivity contribution is -0.143. The average Bonchev–Trinajstić information content (AvgIpc) is 3.49. The van der Waals surface area contributed by atoms with Crippen LogP contribution in [0.15, 0.2) is 35.7 Å². The van der Waals surface area contributed by atoms with Crippen LogP contribution < -0.4 is 10.1 Å². The molecule has 2 aromatic rings. The van der Waals surface area contributed by atoms with Crippen molar-refractivity contribution >= 4 is 45.8 Å². The molecule has 4 atom stereocenters. The SMILES string of the molecule is COc1ccc(-c2csc(NC(=O)CN3C(=O)C4C5C=CC(C5)C4C3=O)n2)cc1Cl. The van der Waals surface area contributed by atoms with Crippen LogP contribution in [0.3, 0.4) is 0 Å². The smallest absolute Gasteiger partial charge is 0.246 e. The molecule has 1 saturated carbocycles. The largest absolute Gasteiger partial charge is 0.495 e. The van der Waals surface area contributed by atoms with E-state index in [1.54, 1.807) is 24.6 Å². The van der Waals surface area contributed by atoms with Crippen molar-refractivity contribution in [3.8, 4) is 17.0 Å². The molecule has 1 aromatic carbocycles. The minimum Gasteiger partial charge on any atom is -0.495 e. The maximum atomic E-state index is 12.7. The molecule has 3 amide bonds. The number of halogens is 1. The number of benzene rings is 1. The first-order valence-electron chi connectivity index (χ1n) is 9.59. The Bertz CT molecular complexity index is 1070. The number of anilines is 1. The standard InChI is InChI=1S/C21H18ClN3O4S/c1-29-15-5-4-10(7-13(15)22)14-9-30-21(23-14)24-16(26)8-25-19(27)17-11-2-3-12(6-11)18(17)20(25)28/h2-5,7,9,11-12,17-18H,6,8H2,1H3,(H,23,24,26). The minimum absolute atomic E-state index is 0.127. The van der Waals surface area contributed by atoms with E-state index < -0.39 is 5.91 Å². The monoisotopic (exact) mass is 443 g/mol. The fourth-order valence-corrected chi connectivity index (χ4v) is 5.71. The van der Waals surface area contributed by atoms with Gasteiger partial charge in [0, 0.05) is 10.9 Å². The van der Waals surface area contributed by atoms with Gasteiger partial charge in [-0.15, -0.1) is 11.3 Å². The molecule has 2 aliphatic carbocycles. The Balaban J connectivity index is 1.25. The number of allylic oxidation sites excluding steroid dienone is 2. The van der Waals surface area contributed by atoms with E-state index in [0.717, 1.165) is 16.9 Å².